The number of carbonyl (C=O) groups is 1. The van der Waals surface area contributed by atoms with Crippen LogP contribution in [-0.2, 0) is 6.18 Å². The van der Waals surface area contributed by atoms with E-state index in [1.807, 2.05) is 25.1 Å². The minimum absolute atomic E-state index is 0.136. The molecular weight excluding hydrogens is 425 g/mol. The van der Waals surface area contributed by atoms with Gasteiger partial charge in [-0.2, -0.15) is 18.3 Å². The van der Waals surface area contributed by atoms with E-state index in [-0.39, 0.29) is 10.8 Å². The molecule has 0 aliphatic carbocycles. The fourth-order valence-electron chi connectivity index (χ4n) is 2.87. The van der Waals surface area contributed by atoms with Crippen molar-refractivity contribution in [2.45, 2.75) is 13.1 Å². The Labute approximate surface area is 171 Å². The van der Waals surface area contributed by atoms with Crippen LogP contribution in [-0.4, -0.2) is 20.7 Å². The Kier molecular flexibility index (Phi) is 4.79. The van der Waals surface area contributed by atoms with Crippen LogP contribution in [0.15, 0.2) is 48.7 Å². The summed E-state index contributed by atoms with van der Waals surface area (Å²) in [6.07, 6.45) is -3.90. The molecule has 2 aromatic carbocycles. The summed E-state index contributed by atoms with van der Waals surface area (Å²) in [5.41, 5.74) is -0.0269. The van der Waals surface area contributed by atoms with Gasteiger partial charge in [0.05, 0.1) is 27.7 Å². The van der Waals surface area contributed by atoms with E-state index in [2.05, 4.69) is 15.4 Å². The number of hydrogen-bond donors (Lipinski definition) is 1. The van der Waals surface area contributed by atoms with Gasteiger partial charge in [-0.3, -0.25) is 10.1 Å². The molecule has 0 aliphatic heterocycles. The second kappa shape index (κ2) is 7.16. The van der Waals surface area contributed by atoms with Gasteiger partial charge in [-0.25, -0.2) is 9.67 Å². The Hall–Kier alpha value is -2.91. The quantitative estimate of drug-likeness (QED) is 0.447. The van der Waals surface area contributed by atoms with Crippen LogP contribution in [0.25, 0.3) is 15.9 Å². The molecular formula is C19H12ClF3N4OS. The maximum Gasteiger partial charge on any atom is 0.434 e. The molecule has 4 rings (SSSR count). The molecule has 0 aliphatic rings. The molecule has 0 radical (unpaired) electrons. The third-order valence-corrected chi connectivity index (χ3v) is 5.38. The number of fused-ring (bicyclic) bond motifs is 1. The van der Waals surface area contributed by atoms with Crippen molar-refractivity contribution in [2.75, 3.05) is 5.32 Å². The molecule has 2 heterocycles. The fraction of sp³-hybridized carbons (Fsp3) is 0.105. The highest BCUT2D eigenvalue weighted by molar-refractivity contribution is 7.22. The van der Waals surface area contributed by atoms with Crippen molar-refractivity contribution >= 4 is 44.2 Å². The SMILES string of the molecule is Cc1cccc2sc(NC(=O)c3cnn(-c4ccc(Cl)cc4)c3C(F)(F)F)nc12. The van der Waals surface area contributed by atoms with E-state index < -0.39 is 23.3 Å². The van der Waals surface area contributed by atoms with E-state index in [1.165, 1.54) is 35.6 Å². The van der Waals surface area contributed by atoms with Crippen molar-refractivity contribution in [2.24, 2.45) is 0 Å². The Morgan fingerprint density at radius 3 is 2.55 bits per heavy atom. The number of amides is 1. The van der Waals surface area contributed by atoms with Crippen molar-refractivity contribution in [3.8, 4) is 5.69 Å². The average molecular weight is 437 g/mol. The molecule has 10 heteroatoms. The van der Waals surface area contributed by atoms with Gasteiger partial charge in [0.25, 0.3) is 5.91 Å². The molecule has 0 atom stereocenters. The molecule has 1 amide bonds. The van der Waals surface area contributed by atoms with E-state index >= 15 is 0 Å². The summed E-state index contributed by atoms with van der Waals surface area (Å²) < 4.78 is 42.7. The van der Waals surface area contributed by atoms with Crippen molar-refractivity contribution in [1.29, 1.82) is 0 Å². The lowest BCUT2D eigenvalue weighted by molar-refractivity contribution is -0.143. The number of aryl methyl sites for hydroxylation is 1. The zero-order valence-electron chi connectivity index (χ0n) is 14.8. The van der Waals surface area contributed by atoms with Gasteiger partial charge < -0.3 is 0 Å². The summed E-state index contributed by atoms with van der Waals surface area (Å²) in [7, 11) is 0. The third-order valence-electron chi connectivity index (χ3n) is 4.19. The lowest BCUT2D eigenvalue weighted by Gasteiger charge is -2.12. The van der Waals surface area contributed by atoms with Gasteiger partial charge in [-0.05, 0) is 42.8 Å². The highest BCUT2D eigenvalue weighted by atomic mass is 35.5. The van der Waals surface area contributed by atoms with Crippen LogP contribution in [0.3, 0.4) is 0 Å². The van der Waals surface area contributed by atoms with E-state index in [1.54, 1.807) is 0 Å². The first kappa shape index (κ1) is 19.4. The van der Waals surface area contributed by atoms with Gasteiger partial charge in [0.15, 0.2) is 10.8 Å². The summed E-state index contributed by atoms with van der Waals surface area (Å²) in [5.74, 6) is -0.936. The number of alkyl halides is 3. The number of nitrogens with zero attached hydrogens (tertiary/aromatic N) is 3. The topological polar surface area (TPSA) is 59.8 Å². The molecule has 5 nitrogen and oxygen atoms in total. The maximum absolute atomic E-state index is 13.7. The molecule has 2 aromatic heterocycles. The molecule has 0 unspecified atom stereocenters. The lowest BCUT2D eigenvalue weighted by Crippen LogP contribution is -2.20. The number of nitrogens with one attached hydrogen (secondary N) is 1. The molecule has 0 bridgehead atoms. The molecule has 0 saturated heterocycles. The first-order valence-electron chi connectivity index (χ1n) is 8.32. The molecule has 0 spiro atoms. The Morgan fingerprint density at radius 2 is 1.90 bits per heavy atom. The highest BCUT2D eigenvalue weighted by Crippen LogP contribution is 2.35. The van der Waals surface area contributed by atoms with Crippen molar-refractivity contribution in [3.63, 3.8) is 0 Å². The van der Waals surface area contributed by atoms with Crippen molar-refractivity contribution < 1.29 is 18.0 Å². The Balaban J connectivity index is 1.72. The minimum Gasteiger partial charge on any atom is -0.298 e. The monoisotopic (exact) mass is 436 g/mol. The second-order valence-corrected chi connectivity index (χ2v) is 7.65. The van der Waals surface area contributed by atoms with E-state index in [9.17, 15) is 18.0 Å². The van der Waals surface area contributed by atoms with E-state index in [0.29, 0.717) is 15.2 Å². The van der Waals surface area contributed by atoms with Crippen LogP contribution in [0.1, 0.15) is 21.6 Å². The normalized spacial score (nSPS) is 11.8. The molecule has 29 heavy (non-hydrogen) atoms. The molecule has 4 aromatic rings. The average Bonchev–Trinajstić information content (AvgIpc) is 3.27. The Bertz CT molecular complexity index is 1210. The van der Waals surface area contributed by atoms with Gasteiger partial charge >= 0.3 is 6.18 Å². The summed E-state index contributed by atoms with van der Waals surface area (Å²) in [6, 6.07) is 11.2. The zero-order chi connectivity index (χ0) is 20.8. The number of thiazole rings is 1. The fourth-order valence-corrected chi connectivity index (χ4v) is 3.93. The van der Waals surface area contributed by atoms with Gasteiger partial charge in [-0.1, -0.05) is 35.1 Å². The van der Waals surface area contributed by atoms with Gasteiger partial charge in [0.2, 0.25) is 0 Å². The van der Waals surface area contributed by atoms with Gasteiger partial charge in [0.1, 0.15) is 0 Å². The van der Waals surface area contributed by atoms with Crippen LogP contribution >= 0.6 is 22.9 Å². The first-order chi connectivity index (χ1) is 13.7. The smallest absolute Gasteiger partial charge is 0.298 e. The summed E-state index contributed by atoms with van der Waals surface area (Å²) >= 11 is 6.98. The van der Waals surface area contributed by atoms with Crippen molar-refractivity contribution in [3.05, 3.63) is 70.5 Å². The van der Waals surface area contributed by atoms with Gasteiger partial charge in [-0.15, -0.1) is 0 Å². The minimum atomic E-state index is -4.80. The van der Waals surface area contributed by atoms with E-state index in [0.717, 1.165) is 16.5 Å². The molecule has 0 saturated carbocycles. The number of para-hydroxylation sites is 1. The summed E-state index contributed by atoms with van der Waals surface area (Å²) in [6.45, 7) is 1.87. The van der Waals surface area contributed by atoms with Crippen LogP contribution < -0.4 is 5.32 Å². The van der Waals surface area contributed by atoms with Gasteiger partial charge in [0, 0.05) is 5.02 Å². The predicted molar refractivity (Wildman–Crippen MR) is 106 cm³/mol. The molecule has 1 N–H and O–H groups in total. The number of halogens is 4. The van der Waals surface area contributed by atoms with Crippen LogP contribution in [0, 0.1) is 6.92 Å². The largest absolute Gasteiger partial charge is 0.434 e. The predicted octanol–water partition coefficient (Wildman–Crippen LogP) is 5.71. The van der Waals surface area contributed by atoms with Crippen LogP contribution in [0.2, 0.25) is 5.02 Å². The number of carbonyl (C=O) groups excluding carboxylic acids is 1. The van der Waals surface area contributed by atoms with Crippen molar-refractivity contribution in [1.82, 2.24) is 14.8 Å². The zero-order valence-corrected chi connectivity index (χ0v) is 16.4. The highest BCUT2D eigenvalue weighted by Gasteiger charge is 2.40. The van der Waals surface area contributed by atoms with E-state index in [4.69, 9.17) is 11.6 Å². The number of benzene rings is 2. The Morgan fingerprint density at radius 1 is 1.17 bits per heavy atom. The molecule has 0 fully saturated rings. The summed E-state index contributed by atoms with van der Waals surface area (Å²) in [4.78, 5) is 16.9. The third kappa shape index (κ3) is 3.70. The number of aromatic nitrogens is 3. The standard InChI is InChI=1S/C19H12ClF3N4OS/c1-10-3-2-4-14-15(10)25-18(29-14)26-17(28)13-9-24-27(16(13)19(21,22)23)12-7-5-11(20)6-8-12/h2-9H,1H3,(H,25,26,28). The van der Waals surface area contributed by atoms with Crippen LogP contribution in [0.5, 0.6) is 0 Å². The first-order valence-corrected chi connectivity index (χ1v) is 9.52. The molecule has 148 valence electrons. The summed E-state index contributed by atoms with van der Waals surface area (Å²) in [5, 5.41) is 6.82. The number of anilines is 1. The van der Waals surface area contributed by atoms with Crippen LogP contribution in [0.4, 0.5) is 18.3 Å². The number of rotatable bonds is 3. The number of hydrogen-bond acceptors (Lipinski definition) is 4. The second-order valence-electron chi connectivity index (χ2n) is 6.19. The maximum atomic E-state index is 13.7. The lowest BCUT2D eigenvalue weighted by atomic mass is 10.2.